The van der Waals surface area contributed by atoms with Crippen LogP contribution in [-0.4, -0.2) is 22.3 Å². The lowest BCUT2D eigenvalue weighted by molar-refractivity contribution is 0.340. The fraction of sp³-hybridized carbons (Fsp3) is 0.606. The van der Waals surface area contributed by atoms with Gasteiger partial charge in [-0.25, -0.2) is 0 Å². The van der Waals surface area contributed by atoms with E-state index >= 15 is 0 Å². The Balaban J connectivity index is 0.00000507. The van der Waals surface area contributed by atoms with Crippen LogP contribution in [0.2, 0.25) is 0 Å². The zero-order valence-corrected chi connectivity index (χ0v) is 25.1. The third-order valence-electron chi connectivity index (χ3n) is 7.31. The number of allylic oxidation sites excluding steroid dienone is 2. The smallest absolute Gasteiger partial charge is 0.144 e. The molecule has 4 nitrogen and oxygen atoms in total. The molecule has 2 aromatic rings. The zero-order chi connectivity index (χ0) is 26.1. The van der Waals surface area contributed by atoms with Gasteiger partial charge >= 0.3 is 0 Å². The van der Waals surface area contributed by atoms with Crippen LogP contribution in [0.3, 0.4) is 0 Å². The number of rotatable bonds is 20. The third kappa shape index (κ3) is 10.9. The van der Waals surface area contributed by atoms with Crippen molar-refractivity contribution in [2.24, 2.45) is 4.99 Å². The summed E-state index contributed by atoms with van der Waals surface area (Å²) in [6.45, 7) is 7.25. The summed E-state index contributed by atoms with van der Waals surface area (Å²) in [5.74, 6) is 0.886. The first-order chi connectivity index (χ1) is 18.2. The van der Waals surface area contributed by atoms with Crippen molar-refractivity contribution in [1.82, 2.24) is 9.97 Å². The maximum absolute atomic E-state index is 5.96. The van der Waals surface area contributed by atoms with E-state index in [9.17, 15) is 0 Å². The van der Waals surface area contributed by atoms with Gasteiger partial charge in [-0.3, -0.25) is 4.99 Å². The van der Waals surface area contributed by atoms with Gasteiger partial charge in [0.25, 0.3) is 0 Å². The lowest BCUT2D eigenvalue weighted by atomic mass is 9.98. The molecule has 1 aliphatic heterocycles. The van der Waals surface area contributed by atoms with Gasteiger partial charge in [0.2, 0.25) is 0 Å². The number of aromatic amines is 2. The van der Waals surface area contributed by atoms with E-state index in [4.69, 9.17) is 9.73 Å². The van der Waals surface area contributed by atoms with Crippen LogP contribution in [0.4, 0.5) is 0 Å². The number of H-pyrrole nitrogens is 2. The molecule has 0 aliphatic carbocycles. The number of ether oxygens (including phenoxy) is 1. The molecule has 0 radical (unpaired) electrons. The maximum Gasteiger partial charge on any atom is 0.144 e. The summed E-state index contributed by atoms with van der Waals surface area (Å²) >= 11 is 0. The number of aliphatic imine (C=N–C) groups is 1. The van der Waals surface area contributed by atoms with Crippen molar-refractivity contribution in [3.63, 3.8) is 0 Å². The second kappa shape index (κ2) is 19.0. The van der Waals surface area contributed by atoms with E-state index < -0.39 is 0 Å². The normalized spacial score (nSPS) is 14.0. The number of aromatic nitrogens is 2. The monoisotopic (exact) mass is 541 g/mol. The van der Waals surface area contributed by atoms with Crippen molar-refractivity contribution < 1.29 is 4.74 Å². The molecule has 5 heteroatoms. The summed E-state index contributed by atoms with van der Waals surface area (Å²) in [6, 6.07) is 6.18. The van der Waals surface area contributed by atoms with Gasteiger partial charge in [0.05, 0.1) is 29.4 Å². The van der Waals surface area contributed by atoms with Crippen molar-refractivity contribution in [1.29, 1.82) is 0 Å². The molecule has 0 fully saturated rings. The van der Waals surface area contributed by atoms with Crippen LogP contribution in [0, 0.1) is 0 Å². The van der Waals surface area contributed by atoms with Crippen LogP contribution in [0.25, 0.3) is 17.5 Å². The van der Waals surface area contributed by atoms with E-state index in [0.717, 1.165) is 41.4 Å². The molecule has 2 N–H and O–H groups in total. The van der Waals surface area contributed by atoms with Gasteiger partial charge in [0.15, 0.2) is 0 Å². The average Bonchev–Trinajstić information content (AvgIpc) is 3.64. The summed E-state index contributed by atoms with van der Waals surface area (Å²) in [5.41, 5.74) is 6.92. The molecule has 38 heavy (non-hydrogen) atoms. The molecule has 0 atom stereocenters. The topological polar surface area (TPSA) is 53.2 Å². The Morgan fingerprint density at radius 2 is 1.42 bits per heavy atom. The minimum absolute atomic E-state index is 0. The highest BCUT2D eigenvalue weighted by Gasteiger charge is 2.17. The number of unbranched alkanes of at least 4 members (excludes halogenated alkanes) is 12. The summed E-state index contributed by atoms with van der Waals surface area (Å²) in [6.07, 6.45) is 27.5. The fourth-order valence-corrected chi connectivity index (χ4v) is 5.18. The molecule has 0 saturated carbocycles. The SMILES string of the molecule is CCCCCCCCCCCC1=CC(=Cc2[nH]c(-c3ccc[nH]3)cc2OCC)N=C1CCCCCCC.Cl. The van der Waals surface area contributed by atoms with E-state index in [1.165, 1.54) is 101 Å². The fourth-order valence-electron chi connectivity index (χ4n) is 5.18. The minimum Gasteiger partial charge on any atom is -0.492 e. The van der Waals surface area contributed by atoms with Gasteiger partial charge in [-0.15, -0.1) is 12.4 Å². The summed E-state index contributed by atoms with van der Waals surface area (Å²) in [7, 11) is 0. The molecule has 0 unspecified atom stereocenters. The van der Waals surface area contributed by atoms with Crippen molar-refractivity contribution in [3.8, 4) is 17.1 Å². The Bertz CT molecular complexity index is 984. The van der Waals surface area contributed by atoms with Gasteiger partial charge in [-0.05, 0) is 62.5 Å². The van der Waals surface area contributed by atoms with Crippen molar-refractivity contribution in [2.45, 2.75) is 124 Å². The first-order valence-electron chi connectivity index (χ1n) is 15.2. The first-order valence-corrected chi connectivity index (χ1v) is 15.2. The maximum atomic E-state index is 5.96. The Hall–Kier alpha value is -2.20. The molecule has 1 aliphatic rings. The second-order valence-electron chi connectivity index (χ2n) is 10.5. The number of hydrogen-bond acceptors (Lipinski definition) is 2. The molecule has 3 heterocycles. The molecule has 0 bridgehead atoms. The van der Waals surface area contributed by atoms with Gasteiger partial charge in [0, 0.05) is 18.0 Å². The largest absolute Gasteiger partial charge is 0.492 e. The highest BCUT2D eigenvalue weighted by Crippen LogP contribution is 2.31. The van der Waals surface area contributed by atoms with E-state index in [1.807, 2.05) is 19.2 Å². The third-order valence-corrected chi connectivity index (χ3v) is 7.31. The lowest BCUT2D eigenvalue weighted by Gasteiger charge is -2.07. The Kier molecular flexibility index (Phi) is 16.0. The molecule has 0 amide bonds. The molecule has 0 aromatic carbocycles. The molecule has 212 valence electrons. The average molecular weight is 542 g/mol. The molecule has 0 spiro atoms. The van der Waals surface area contributed by atoms with Gasteiger partial charge in [-0.2, -0.15) is 0 Å². The van der Waals surface area contributed by atoms with E-state index in [2.05, 4.69) is 48.1 Å². The number of nitrogens with zero attached hydrogens (tertiary/aromatic N) is 1. The lowest BCUT2D eigenvalue weighted by Crippen LogP contribution is -2.00. The van der Waals surface area contributed by atoms with E-state index in [1.54, 1.807) is 0 Å². The van der Waals surface area contributed by atoms with E-state index in [-0.39, 0.29) is 12.4 Å². The van der Waals surface area contributed by atoms with Crippen LogP contribution in [0.5, 0.6) is 5.75 Å². The standard InChI is InChI=1S/C33H51N3O.ClH/c1-4-7-9-11-12-13-14-16-17-20-27-24-28(35-29(27)21-18-15-10-8-5-2)25-32-33(37-6-3)26-31(36-32)30-22-19-23-34-30;/h19,22-26,34,36H,4-18,20-21H2,1-3H3;1H. The summed E-state index contributed by atoms with van der Waals surface area (Å²) < 4.78 is 5.96. The van der Waals surface area contributed by atoms with Crippen LogP contribution >= 0.6 is 12.4 Å². The molecule has 2 aromatic heterocycles. The number of nitrogens with one attached hydrogen (secondary N) is 2. The quantitative estimate of drug-likeness (QED) is 0.161. The highest BCUT2D eigenvalue weighted by molar-refractivity contribution is 6.04. The van der Waals surface area contributed by atoms with Crippen molar-refractivity contribution >= 4 is 24.2 Å². The number of hydrogen-bond donors (Lipinski definition) is 2. The van der Waals surface area contributed by atoms with E-state index in [0.29, 0.717) is 6.61 Å². The van der Waals surface area contributed by atoms with Gasteiger partial charge in [0.1, 0.15) is 5.75 Å². The second-order valence-corrected chi connectivity index (χ2v) is 10.5. The van der Waals surface area contributed by atoms with Gasteiger partial charge < -0.3 is 14.7 Å². The van der Waals surface area contributed by atoms with Gasteiger partial charge in [-0.1, -0.05) is 90.9 Å². The van der Waals surface area contributed by atoms with Crippen LogP contribution in [-0.2, 0) is 0 Å². The highest BCUT2D eigenvalue weighted by atomic mass is 35.5. The Morgan fingerprint density at radius 3 is 2.03 bits per heavy atom. The van der Waals surface area contributed by atoms with Crippen molar-refractivity contribution in [3.05, 3.63) is 47.4 Å². The van der Waals surface area contributed by atoms with Crippen molar-refractivity contribution in [2.75, 3.05) is 6.61 Å². The molecule has 3 rings (SSSR count). The van der Waals surface area contributed by atoms with Crippen LogP contribution in [0.1, 0.15) is 129 Å². The molecule has 0 saturated heterocycles. The predicted molar refractivity (Wildman–Crippen MR) is 168 cm³/mol. The Labute approximate surface area is 238 Å². The summed E-state index contributed by atoms with van der Waals surface area (Å²) in [5, 5.41) is 0. The minimum atomic E-state index is 0. The Morgan fingerprint density at radius 1 is 0.789 bits per heavy atom. The summed E-state index contributed by atoms with van der Waals surface area (Å²) in [4.78, 5) is 11.9. The molecular weight excluding hydrogens is 490 g/mol. The first kappa shape index (κ1) is 32.0. The zero-order valence-electron chi connectivity index (χ0n) is 24.2. The van der Waals surface area contributed by atoms with Crippen LogP contribution in [0.15, 0.2) is 46.7 Å². The van der Waals surface area contributed by atoms with Crippen LogP contribution < -0.4 is 4.74 Å². The molecular formula is C33H52ClN3O. The predicted octanol–water partition coefficient (Wildman–Crippen LogP) is 10.8. The number of halogens is 1.